The summed E-state index contributed by atoms with van der Waals surface area (Å²) in [5, 5.41) is 0. The van der Waals surface area contributed by atoms with Gasteiger partial charge < -0.3 is 14.2 Å². The lowest BCUT2D eigenvalue weighted by Gasteiger charge is -2.18. The van der Waals surface area contributed by atoms with Gasteiger partial charge in [0.05, 0.1) is 0 Å². The molecule has 0 aliphatic heterocycles. The van der Waals surface area contributed by atoms with Crippen molar-refractivity contribution in [2.75, 3.05) is 13.2 Å². The molecule has 0 rings (SSSR count). The van der Waals surface area contributed by atoms with E-state index in [9.17, 15) is 14.4 Å². The average Bonchev–Trinajstić information content (AvgIpc) is 3.37. The molecule has 1 atom stereocenters. The summed E-state index contributed by atoms with van der Waals surface area (Å²) in [7, 11) is 0. The zero-order chi connectivity index (χ0) is 51.4. The van der Waals surface area contributed by atoms with Crippen LogP contribution in [0.15, 0.2) is 85.1 Å². The number of unbranched alkanes of at least 4 members (excludes halogenated alkanes) is 29. The third-order valence-electron chi connectivity index (χ3n) is 12.9. The smallest absolute Gasteiger partial charge is 0.306 e. The molecule has 0 amide bonds. The average molecular weight is 990 g/mol. The first-order chi connectivity index (χ1) is 35.0. The van der Waals surface area contributed by atoms with Crippen LogP contribution in [0, 0.1) is 0 Å². The molecule has 0 unspecified atom stereocenters. The van der Waals surface area contributed by atoms with E-state index < -0.39 is 6.10 Å². The Morgan fingerprint density at radius 2 is 0.577 bits per heavy atom. The van der Waals surface area contributed by atoms with Crippen LogP contribution < -0.4 is 0 Å². The monoisotopic (exact) mass is 989 g/mol. The normalized spacial score (nSPS) is 12.7. The molecule has 408 valence electrons. The molecular formula is C65H112O6. The van der Waals surface area contributed by atoms with Gasteiger partial charge in [-0.05, 0) is 83.5 Å². The Balaban J connectivity index is 4.48. The second kappa shape index (κ2) is 59.2. The van der Waals surface area contributed by atoms with E-state index in [-0.39, 0.29) is 37.5 Å². The number of carbonyl (C=O) groups is 3. The summed E-state index contributed by atoms with van der Waals surface area (Å²) in [5.74, 6) is -0.981. The maximum Gasteiger partial charge on any atom is 0.306 e. The number of esters is 3. The van der Waals surface area contributed by atoms with Gasteiger partial charge in [0.15, 0.2) is 6.10 Å². The molecule has 0 aromatic rings. The summed E-state index contributed by atoms with van der Waals surface area (Å²) in [6, 6.07) is 0. The number of ether oxygens (including phenoxy) is 3. The fraction of sp³-hybridized carbons (Fsp3) is 0.738. The molecule has 0 radical (unpaired) electrons. The minimum absolute atomic E-state index is 0.0990. The predicted octanol–water partition coefficient (Wildman–Crippen LogP) is 20.3. The Bertz CT molecular complexity index is 1370. The van der Waals surface area contributed by atoms with Crippen LogP contribution in [0.3, 0.4) is 0 Å². The van der Waals surface area contributed by atoms with Gasteiger partial charge in [-0.1, -0.05) is 273 Å². The van der Waals surface area contributed by atoms with Crippen LogP contribution in [0.25, 0.3) is 0 Å². The van der Waals surface area contributed by atoms with Gasteiger partial charge in [0.2, 0.25) is 0 Å². The van der Waals surface area contributed by atoms with Crippen LogP contribution in [0.5, 0.6) is 0 Å². The summed E-state index contributed by atoms with van der Waals surface area (Å²) in [6.45, 7) is 6.48. The van der Waals surface area contributed by atoms with Gasteiger partial charge in [0.25, 0.3) is 0 Å². The molecular weight excluding hydrogens is 877 g/mol. The first-order valence-electron chi connectivity index (χ1n) is 30.1. The highest BCUT2D eigenvalue weighted by Crippen LogP contribution is 2.16. The molecule has 0 heterocycles. The van der Waals surface area contributed by atoms with Gasteiger partial charge in [-0.3, -0.25) is 14.4 Å². The first kappa shape index (κ1) is 67.6. The van der Waals surface area contributed by atoms with Crippen molar-refractivity contribution in [3.63, 3.8) is 0 Å². The number of allylic oxidation sites excluding steroid dienone is 14. The van der Waals surface area contributed by atoms with Crippen LogP contribution >= 0.6 is 0 Å². The van der Waals surface area contributed by atoms with Gasteiger partial charge >= 0.3 is 17.9 Å². The quantitative estimate of drug-likeness (QED) is 0.0261. The van der Waals surface area contributed by atoms with E-state index in [0.29, 0.717) is 19.3 Å². The maximum atomic E-state index is 12.9. The standard InChI is InChI=1S/C65H112O6/c1-4-7-10-13-16-19-22-25-28-31-32-35-37-40-43-46-49-52-55-58-64(67)70-61-62(71-65(68)59-56-53-50-47-44-41-38-34-30-27-24-21-18-15-12-9-6-3)60-69-63(66)57-54-51-48-45-42-39-36-33-29-26-23-20-17-14-11-8-5-2/h7,10,16,19,25,27-28,30,32,35,40,43,49,52,62H,4-6,8-9,11-15,17-18,20-24,26,29,31,33-34,36-39,41-42,44-48,50-51,53-61H2,1-3H3/b10-7-,19-16-,28-25-,30-27-,35-32-,43-40-,52-49-/t62-/m0/s1. The maximum absolute atomic E-state index is 12.9. The lowest BCUT2D eigenvalue weighted by atomic mass is 10.0. The summed E-state index contributed by atoms with van der Waals surface area (Å²) >= 11 is 0. The summed E-state index contributed by atoms with van der Waals surface area (Å²) in [4.78, 5) is 38.2. The Kier molecular flexibility index (Phi) is 56.3. The van der Waals surface area contributed by atoms with E-state index in [1.807, 2.05) is 6.08 Å². The third kappa shape index (κ3) is 57.4. The summed E-state index contributed by atoms with van der Waals surface area (Å²) < 4.78 is 16.8. The highest BCUT2D eigenvalue weighted by molar-refractivity contribution is 5.71. The van der Waals surface area contributed by atoms with Gasteiger partial charge in [0.1, 0.15) is 13.2 Å². The highest BCUT2D eigenvalue weighted by atomic mass is 16.6. The SMILES string of the molecule is CC/C=C\C/C=C\C/C=C\C/C=C\C/C=C\C/C=C\CCC(=O)OC[C@H](COC(=O)CCCCCCCCCCCCCCCCCCC)OC(=O)CCCCCCCCC/C=C\CCCCCCCC. The van der Waals surface area contributed by atoms with Crippen molar-refractivity contribution < 1.29 is 28.6 Å². The molecule has 0 aliphatic rings. The molecule has 0 aliphatic carbocycles. The summed E-state index contributed by atoms with van der Waals surface area (Å²) in [6.07, 6.45) is 77.3. The van der Waals surface area contributed by atoms with E-state index >= 15 is 0 Å². The van der Waals surface area contributed by atoms with E-state index in [1.54, 1.807) is 0 Å². The molecule has 6 heteroatoms. The number of carbonyl (C=O) groups excluding carboxylic acids is 3. The van der Waals surface area contributed by atoms with Crippen molar-refractivity contribution in [3.05, 3.63) is 85.1 Å². The summed E-state index contributed by atoms with van der Waals surface area (Å²) in [5.41, 5.74) is 0. The largest absolute Gasteiger partial charge is 0.462 e. The molecule has 0 fully saturated rings. The molecule has 0 aromatic heterocycles. The van der Waals surface area contributed by atoms with Crippen molar-refractivity contribution in [2.24, 2.45) is 0 Å². The molecule has 0 saturated carbocycles. The lowest BCUT2D eigenvalue weighted by molar-refractivity contribution is -0.166. The van der Waals surface area contributed by atoms with Crippen molar-refractivity contribution in [1.82, 2.24) is 0 Å². The second-order valence-corrected chi connectivity index (χ2v) is 19.9. The van der Waals surface area contributed by atoms with E-state index in [0.717, 1.165) is 77.0 Å². The van der Waals surface area contributed by atoms with Crippen molar-refractivity contribution in [1.29, 1.82) is 0 Å². The van der Waals surface area contributed by atoms with Gasteiger partial charge in [-0.2, -0.15) is 0 Å². The minimum Gasteiger partial charge on any atom is -0.462 e. The van der Waals surface area contributed by atoms with Gasteiger partial charge in [-0.15, -0.1) is 0 Å². The lowest BCUT2D eigenvalue weighted by Crippen LogP contribution is -2.30. The molecule has 0 spiro atoms. The van der Waals surface area contributed by atoms with Crippen LogP contribution in [-0.2, 0) is 28.6 Å². The fourth-order valence-electron chi connectivity index (χ4n) is 8.41. The first-order valence-corrected chi connectivity index (χ1v) is 30.1. The highest BCUT2D eigenvalue weighted by Gasteiger charge is 2.19. The second-order valence-electron chi connectivity index (χ2n) is 19.9. The van der Waals surface area contributed by atoms with Crippen LogP contribution in [0.1, 0.15) is 290 Å². The predicted molar refractivity (Wildman–Crippen MR) is 307 cm³/mol. The topological polar surface area (TPSA) is 78.9 Å². The number of rotatable bonds is 54. The minimum atomic E-state index is -0.809. The Morgan fingerprint density at radius 3 is 0.944 bits per heavy atom. The molecule has 0 N–H and O–H groups in total. The molecule has 0 saturated heterocycles. The fourth-order valence-corrected chi connectivity index (χ4v) is 8.41. The van der Waals surface area contributed by atoms with E-state index in [4.69, 9.17) is 14.2 Å². The third-order valence-corrected chi connectivity index (χ3v) is 12.9. The number of hydrogen-bond acceptors (Lipinski definition) is 6. The van der Waals surface area contributed by atoms with Crippen molar-refractivity contribution >= 4 is 17.9 Å². The van der Waals surface area contributed by atoms with Crippen molar-refractivity contribution in [3.8, 4) is 0 Å². The Hall–Kier alpha value is -3.41. The van der Waals surface area contributed by atoms with Crippen molar-refractivity contribution in [2.45, 2.75) is 297 Å². The Labute approximate surface area is 439 Å². The Morgan fingerprint density at radius 1 is 0.296 bits per heavy atom. The number of hydrogen-bond donors (Lipinski definition) is 0. The van der Waals surface area contributed by atoms with Crippen LogP contribution in [-0.4, -0.2) is 37.2 Å². The van der Waals surface area contributed by atoms with Crippen LogP contribution in [0.2, 0.25) is 0 Å². The molecule has 0 bridgehead atoms. The van der Waals surface area contributed by atoms with E-state index in [1.165, 1.54) is 167 Å². The molecule has 71 heavy (non-hydrogen) atoms. The zero-order valence-corrected chi connectivity index (χ0v) is 46.7. The molecule has 0 aromatic carbocycles. The van der Waals surface area contributed by atoms with Gasteiger partial charge in [0, 0.05) is 19.3 Å². The van der Waals surface area contributed by atoms with E-state index in [2.05, 4.69) is 99.8 Å². The van der Waals surface area contributed by atoms with Gasteiger partial charge in [-0.25, -0.2) is 0 Å². The van der Waals surface area contributed by atoms with Crippen LogP contribution in [0.4, 0.5) is 0 Å². The molecule has 6 nitrogen and oxygen atoms in total. The zero-order valence-electron chi connectivity index (χ0n) is 46.7.